The number of thiophene rings is 1. The van der Waals surface area contributed by atoms with Gasteiger partial charge in [0, 0.05) is 15.3 Å². The lowest BCUT2D eigenvalue weighted by Crippen LogP contribution is -2.50. The SMILES string of the molecule is Cc1cc([C@@H](C)NC(=O)[C@@H](NC(=O)c2ccc(F)cc2)C(C)C)c(C)s1. The van der Waals surface area contributed by atoms with Crippen molar-refractivity contribution in [3.05, 3.63) is 57.0 Å². The Morgan fingerprint density at radius 2 is 1.65 bits per heavy atom. The Hall–Kier alpha value is -2.21. The molecule has 1 heterocycles. The van der Waals surface area contributed by atoms with Crippen LogP contribution in [0.25, 0.3) is 0 Å². The van der Waals surface area contributed by atoms with E-state index in [2.05, 4.69) is 16.7 Å². The number of hydrogen-bond acceptors (Lipinski definition) is 3. The van der Waals surface area contributed by atoms with E-state index in [-0.39, 0.29) is 17.9 Å². The van der Waals surface area contributed by atoms with Gasteiger partial charge in [-0.3, -0.25) is 9.59 Å². The number of carbonyl (C=O) groups is 2. The Morgan fingerprint density at radius 3 is 2.15 bits per heavy atom. The van der Waals surface area contributed by atoms with Crippen molar-refractivity contribution < 1.29 is 14.0 Å². The van der Waals surface area contributed by atoms with Crippen LogP contribution >= 0.6 is 11.3 Å². The number of nitrogens with one attached hydrogen (secondary N) is 2. The minimum atomic E-state index is -0.671. The van der Waals surface area contributed by atoms with Gasteiger partial charge >= 0.3 is 0 Å². The molecule has 6 heteroatoms. The van der Waals surface area contributed by atoms with Crippen molar-refractivity contribution in [1.29, 1.82) is 0 Å². The zero-order chi connectivity index (χ0) is 19.4. The van der Waals surface area contributed by atoms with Gasteiger partial charge in [-0.1, -0.05) is 13.8 Å². The molecule has 2 amide bonds. The number of halogens is 1. The Morgan fingerprint density at radius 1 is 1.04 bits per heavy atom. The predicted octanol–water partition coefficient (Wildman–Crippen LogP) is 4.14. The van der Waals surface area contributed by atoms with Crippen LogP contribution in [0.5, 0.6) is 0 Å². The summed E-state index contributed by atoms with van der Waals surface area (Å²) in [6.45, 7) is 9.76. The van der Waals surface area contributed by atoms with Crippen LogP contribution in [-0.2, 0) is 4.79 Å². The molecule has 0 spiro atoms. The normalized spacial score (nSPS) is 13.3. The Bertz CT molecular complexity index is 784. The molecule has 4 nitrogen and oxygen atoms in total. The second kappa shape index (κ2) is 8.45. The molecule has 2 rings (SSSR count). The van der Waals surface area contributed by atoms with E-state index in [1.807, 2.05) is 34.6 Å². The lowest BCUT2D eigenvalue weighted by Gasteiger charge is -2.24. The second-order valence-electron chi connectivity index (χ2n) is 6.80. The van der Waals surface area contributed by atoms with E-state index in [0.717, 1.165) is 5.56 Å². The summed E-state index contributed by atoms with van der Waals surface area (Å²) in [7, 11) is 0. The van der Waals surface area contributed by atoms with Crippen molar-refractivity contribution in [2.45, 2.75) is 46.7 Å². The maximum Gasteiger partial charge on any atom is 0.251 e. The summed E-state index contributed by atoms with van der Waals surface area (Å²) >= 11 is 1.70. The lowest BCUT2D eigenvalue weighted by molar-refractivity contribution is -0.124. The van der Waals surface area contributed by atoms with Gasteiger partial charge < -0.3 is 10.6 Å². The van der Waals surface area contributed by atoms with Gasteiger partial charge in [-0.2, -0.15) is 0 Å². The molecule has 0 fully saturated rings. The van der Waals surface area contributed by atoms with E-state index >= 15 is 0 Å². The van der Waals surface area contributed by atoms with Gasteiger partial charge in [0.1, 0.15) is 11.9 Å². The molecule has 2 N–H and O–H groups in total. The van der Waals surface area contributed by atoms with E-state index in [4.69, 9.17) is 0 Å². The summed E-state index contributed by atoms with van der Waals surface area (Å²) in [5, 5.41) is 5.75. The number of aryl methyl sites for hydroxylation is 2. The van der Waals surface area contributed by atoms with Crippen molar-refractivity contribution in [3.63, 3.8) is 0 Å². The summed E-state index contributed by atoms with van der Waals surface area (Å²) in [5.41, 5.74) is 1.41. The molecular weight excluding hydrogens is 351 g/mol. The van der Waals surface area contributed by atoms with Gasteiger partial charge in [0.25, 0.3) is 5.91 Å². The number of amides is 2. The van der Waals surface area contributed by atoms with Crippen LogP contribution in [0, 0.1) is 25.6 Å². The molecule has 0 aliphatic rings. The quantitative estimate of drug-likeness (QED) is 0.796. The number of hydrogen-bond donors (Lipinski definition) is 2. The summed E-state index contributed by atoms with van der Waals surface area (Å²) in [6, 6.07) is 6.52. The average Bonchev–Trinajstić information content (AvgIpc) is 2.91. The topological polar surface area (TPSA) is 58.2 Å². The first-order chi connectivity index (χ1) is 12.2. The molecule has 140 valence electrons. The molecule has 0 bridgehead atoms. The second-order valence-corrected chi connectivity index (χ2v) is 8.26. The van der Waals surface area contributed by atoms with Gasteiger partial charge in [0.05, 0.1) is 6.04 Å². The van der Waals surface area contributed by atoms with Crippen molar-refractivity contribution >= 4 is 23.2 Å². The largest absolute Gasteiger partial charge is 0.348 e. The molecule has 0 unspecified atom stereocenters. The van der Waals surface area contributed by atoms with Crippen LogP contribution < -0.4 is 10.6 Å². The van der Waals surface area contributed by atoms with Gasteiger partial charge in [-0.05, 0) is 62.6 Å². The van der Waals surface area contributed by atoms with Crippen LogP contribution in [-0.4, -0.2) is 17.9 Å². The fourth-order valence-corrected chi connectivity index (χ4v) is 3.84. The first kappa shape index (κ1) is 20.1. The van der Waals surface area contributed by atoms with Crippen LogP contribution in [0.1, 0.15) is 52.5 Å². The zero-order valence-electron chi connectivity index (χ0n) is 15.7. The van der Waals surface area contributed by atoms with E-state index in [9.17, 15) is 14.0 Å². The van der Waals surface area contributed by atoms with E-state index in [0.29, 0.717) is 5.56 Å². The molecule has 26 heavy (non-hydrogen) atoms. The molecule has 0 saturated heterocycles. The molecule has 1 aromatic carbocycles. The van der Waals surface area contributed by atoms with Crippen LogP contribution in [0.3, 0.4) is 0 Å². The smallest absolute Gasteiger partial charge is 0.251 e. The van der Waals surface area contributed by atoms with E-state index in [1.165, 1.54) is 34.0 Å². The first-order valence-corrected chi connectivity index (χ1v) is 9.44. The fraction of sp³-hybridized carbons (Fsp3) is 0.400. The first-order valence-electron chi connectivity index (χ1n) is 8.62. The molecule has 0 aliphatic carbocycles. The van der Waals surface area contributed by atoms with Gasteiger partial charge in [0.15, 0.2) is 0 Å². The molecule has 1 aromatic heterocycles. The minimum Gasteiger partial charge on any atom is -0.348 e. The third-order valence-corrected chi connectivity index (χ3v) is 5.23. The minimum absolute atomic E-state index is 0.0862. The molecule has 0 radical (unpaired) electrons. The monoisotopic (exact) mass is 376 g/mol. The predicted molar refractivity (Wildman–Crippen MR) is 103 cm³/mol. The highest BCUT2D eigenvalue weighted by molar-refractivity contribution is 7.12. The van der Waals surface area contributed by atoms with Crippen LogP contribution in [0.15, 0.2) is 30.3 Å². The zero-order valence-corrected chi connectivity index (χ0v) is 16.5. The number of rotatable bonds is 6. The molecule has 2 aromatic rings. The van der Waals surface area contributed by atoms with Crippen LogP contribution in [0.4, 0.5) is 4.39 Å². The van der Waals surface area contributed by atoms with Crippen molar-refractivity contribution in [2.75, 3.05) is 0 Å². The highest BCUT2D eigenvalue weighted by atomic mass is 32.1. The summed E-state index contributed by atoms with van der Waals surface area (Å²) in [6.07, 6.45) is 0. The summed E-state index contributed by atoms with van der Waals surface area (Å²) in [4.78, 5) is 27.5. The van der Waals surface area contributed by atoms with E-state index in [1.54, 1.807) is 11.3 Å². The standard InChI is InChI=1S/C20H25FN2O2S/c1-11(2)18(23-19(24)15-6-8-16(21)9-7-15)20(25)22-13(4)17-10-12(3)26-14(17)5/h6-11,13,18H,1-5H3,(H,22,25)(H,23,24)/t13-,18+/m1/s1. The number of benzene rings is 1. The van der Waals surface area contributed by atoms with Gasteiger partial charge in [-0.25, -0.2) is 4.39 Å². The number of carbonyl (C=O) groups excluding carboxylic acids is 2. The molecular formula is C20H25FN2O2S. The molecule has 2 atom stereocenters. The Labute approximate surface area is 157 Å². The van der Waals surface area contributed by atoms with Crippen molar-refractivity contribution in [2.24, 2.45) is 5.92 Å². The highest BCUT2D eigenvalue weighted by Crippen LogP contribution is 2.26. The molecule has 0 aliphatic heterocycles. The van der Waals surface area contributed by atoms with Gasteiger partial charge in [0.2, 0.25) is 5.91 Å². The fourth-order valence-electron chi connectivity index (χ4n) is 2.82. The third-order valence-electron chi connectivity index (χ3n) is 4.25. The summed E-state index contributed by atoms with van der Waals surface area (Å²) < 4.78 is 13.0. The van der Waals surface area contributed by atoms with Crippen LogP contribution in [0.2, 0.25) is 0 Å². The maximum atomic E-state index is 13.0. The Kier molecular flexibility index (Phi) is 6.53. The lowest BCUT2D eigenvalue weighted by atomic mass is 10.0. The maximum absolute atomic E-state index is 13.0. The summed E-state index contributed by atoms with van der Waals surface area (Å²) in [5.74, 6) is -1.12. The highest BCUT2D eigenvalue weighted by Gasteiger charge is 2.26. The van der Waals surface area contributed by atoms with E-state index < -0.39 is 17.8 Å². The van der Waals surface area contributed by atoms with Crippen molar-refractivity contribution in [3.8, 4) is 0 Å². The Balaban J connectivity index is 2.08. The van der Waals surface area contributed by atoms with Gasteiger partial charge in [-0.15, -0.1) is 11.3 Å². The molecule has 0 saturated carbocycles. The average molecular weight is 376 g/mol. The third kappa shape index (κ3) is 4.91. The van der Waals surface area contributed by atoms with Crippen molar-refractivity contribution in [1.82, 2.24) is 10.6 Å².